The van der Waals surface area contributed by atoms with Crippen LogP contribution >= 0.6 is 11.8 Å². The van der Waals surface area contributed by atoms with E-state index in [0.717, 1.165) is 47.0 Å². The van der Waals surface area contributed by atoms with Crippen LogP contribution in [0.5, 0.6) is 0 Å². The molecule has 0 saturated carbocycles. The lowest BCUT2D eigenvalue weighted by molar-refractivity contribution is 0.102. The summed E-state index contributed by atoms with van der Waals surface area (Å²) in [5, 5.41) is 9.63. The largest absolute Gasteiger partial charge is 0.385 e. The number of aromatic nitrogens is 5. The number of methoxy groups -OCH3 is 1. The number of hydrogen-bond acceptors (Lipinski definition) is 6. The van der Waals surface area contributed by atoms with Crippen molar-refractivity contribution in [2.75, 3.05) is 19.5 Å². The molecule has 182 valence electrons. The lowest BCUT2D eigenvalue weighted by atomic mass is 10.1. The Balaban J connectivity index is 1.62. The zero-order valence-corrected chi connectivity index (χ0v) is 21.7. The molecule has 7 nitrogen and oxygen atoms in total. The highest BCUT2D eigenvalue weighted by Gasteiger charge is 2.20. The van der Waals surface area contributed by atoms with E-state index in [1.54, 1.807) is 19.5 Å². The molecule has 0 aliphatic heterocycles. The number of carbonyl (C=O) groups excluding carboxylic acids is 1. The van der Waals surface area contributed by atoms with Gasteiger partial charge in [-0.2, -0.15) is 0 Å². The van der Waals surface area contributed by atoms with Crippen molar-refractivity contribution in [1.82, 2.24) is 24.3 Å². The number of carbonyl (C=O) groups is 1. The van der Waals surface area contributed by atoms with E-state index in [4.69, 9.17) is 4.74 Å². The number of ether oxygens (including phenoxy) is 1. The van der Waals surface area contributed by atoms with Gasteiger partial charge in [0.25, 0.3) is 0 Å². The third-order valence-corrected chi connectivity index (χ3v) is 7.19. The number of aryl methyl sites for hydroxylation is 3. The number of hydrogen-bond donors (Lipinski definition) is 0. The average Bonchev–Trinajstić information content (AvgIpc) is 3.41. The molecule has 4 aromatic rings. The number of rotatable bonds is 10. The maximum Gasteiger partial charge on any atom is 0.196 e. The smallest absolute Gasteiger partial charge is 0.196 e. The minimum atomic E-state index is 0.0844. The van der Waals surface area contributed by atoms with E-state index in [1.807, 2.05) is 36.6 Å². The first-order chi connectivity index (χ1) is 16.9. The van der Waals surface area contributed by atoms with Crippen LogP contribution < -0.4 is 0 Å². The van der Waals surface area contributed by atoms with Crippen LogP contribution in [0.15, 0.2) is 53.9 Å². The summed E-state index contributed by atoms with van der Waals surface area (Å²) in [5.74, 6) is 1.09. The predicted molar refractivity (Wildman–Crippen MR) is 140 cm³/mol. The first kappa shape index (κ1) is 24.9. The van der Waals surface area contributed by atoms with Gasteiger partial charge in [0.1, 0.15) is 0 Å². The minimum Gasteiger partial charge on any atom is -0.385 e. The number of thioether (sulfide) groups is 1. The Morgan fingerprint density at radius 2 is 1.77 bits per heavy atom. The van der Waals surface area contributed by atoms with E-state index >= 15 is 0 Å². The van der Waals surface area contributed by atoms with Crippen LogP contribution in [0.4, 0.5) is 0 Å². The molecule has 0 spiro atoms. The van der Waals surface area contributed by atoms with Crippen molar-refractivity contribution in [3.8, 4) is 17.1 Å². The van der Waals surface area contributed by atoms with Crippen molar-refractivity contribution >= 4 is 17.5 Å². The molecule has 0 fully saturated rings. The fourth-order valence-electron chi connectivity index (χ4n) is 4.15. The molecule has 3 aromatic heterocycles. The van der Waals surface area contributed by atoms with Gasteiger partial charge < -0.3 is 9.30 Å². The summed E-state index contributed by atoms with van der Waals surface area (Å²) >= 11 is 1.41. The van der Waals surface area contributed by atoms with Crippen molar-refractivity contribution in [3.63, 3.8) is 0 Å². The fourth-order valence-corrected chi connectivity index (χ4v) is 4.99. The van der Waals surface area contributed by atoms with Gasteiger partial charge in [0.15, 0.2) is 16.8 Å². The summed E-state index contributed by atoms with van der Waals surface area (Å²) in [6.07, 6.45) is 4.40. The Kier molecular flexibility index (Phi) is 7.83. The third kappa shape index (κ3) is 5.39. The van der Waals surface area contributed by atoms with E-state index in [-0.39, 0.29) is 11.5 Å². The molecule has 8 heteroatoms. The normalized spacial score (nSPS) is 11.2. The van der Waals surface area contributed by atoms with E-state index in [2.05, 4.69) is 51.8 Å². The van der Waals surface area contributed by atoms with Gasteiger partial charge in [-0.15, -0.1) is 10.2 Å². The highest BCUT2D eigenvalue weighted by Crippen LogP contribution is 2.29. The predicted octanol–water partition coefficient (Wildman–Crippen LogP) is 5.38. The van der Waals surface area contributed by atoms with Gasteiger partial charge in [0, 0.05) is 55.2 Å². The minimum absolute atomic E-state index is 0.0844. The van der Waals surface area contributed by atoms with Crippen molar-refractivity contribution in [1.29, 1.82) is 0 Å². The lowest BCUT2D eigenvalue weighted by Gasteiger charge is -2.12. The monoisotopic (exact) mass is 489 g/mol. The first-order valence-corrected chi connectivity index (χ1v) is 12.6. The number of benzene rings is 1. The molecule has 1 aromatic carbocycles. The fraction of sp³-hybridized carbons (Fsp3) is 0.333. The topological polar surface area (TPSA) is 74.8 Å². The van der Waals surface area contributed by atoms with E-state index < -0.39 is 0 Å². The van der Waals surface area contributed by atoms with Crippen molar-refractivity contribution in [2.24, 2.45) is 0 Å². The second-order valence-corrected chi connectivity index (χ2v) is 9.58. The molecule has 0 unspecified atom stereocenters. The van der Waals surface area contributed by atoms with Crippen molar-refractivity contribution in [3.05, 3.63) is 76.9 Å². The lowest BCUT2D eigenvalue weighted by Crippen LogP contribution is -2.09. The van der Waals surface area contributed by atoms with Crippen LogP contribution in [0.3, 0.4) is 0 Å². The van der Waals surface area contributed by atoms with Gasteiger partial charge in [-0.25, -0.2) is 0 Å². The third-order valence-electron chi connectivity index (χ3n) is 6.26. The standard InChI is InChI=1S/C27H31N5O2S/c1-18-7-8-23(15-19(18)2)32-26(22-9-11-28-12-10-22)29-30-27(32)35-17-25(33)24-16-20(3)31(21(24)4)13-6-14-34-5/h7-12,15-16H,6,13-14,17H2,1-5H3. The quantitative estimate of drug-likeness (QED) is 0.169. The van der Waals surface area contributed by atoms with Gasteiger partial charge in [-0.05, 0) is 75.6 Å². The molecule has 0 N–H and O–H groups in total. The molecule has 0 radical (unpaired) electrons. The summed E-state index contributed by atoms with van der Waals surface area (Å²) in [6, 6.07) is 12.1. The molecule has 0 aliphatic carbocycles. The van der Waals surface area contributed by atoms with Crippen LogP contribution in [0.25, 0.3) is 17.1 Å². The SMILES string of the molecule is COCCCn1c(C)cc(C(=O)CSc2nnc(-c3ccncc3)n2-c2ccc(C)c(C)c2)c1C. The van der Waals surface area contributed by atoms with Crippen LogP contribution in [0.2, 0.25) is 0 Å². The highest BCUT2D eigenvalue weighted by atomic mass is 32.2. The summed E-state index contributed by atoms with van der Waals surface area (Å²) in [4.78, 5) is 17.4. The molecule has 0 saturated heterocycles. The summed E-state index contributed by atoms with van der Waals surface area (Å²) in [7, 11) is 1.71. The van der Waals surface area contributed by atoms with Crippen molar-refractivity contribution in [2.45, 2.75) is 45.8 Å². The van der Waals surface area contributed by atoms with Gasteiger partial charge in [-0.1, -0.05) is 17.8 Å². The molecule has 0 bridgehead atoms. The second-order valence-electron chi connectivity index (χ2n) is 8.64. The maximum absolute atomic E-state index is 13.2. The zero-order chi connectivity index (χ0) is 24.9. The van der Waals surface area contributed by atoms with Gasteiger partial charge in [0.2, 0.25) is 0 Å². The van der Waals surface area contributed by atoms with E-state index in [9.17, 15) is 4.79 Å². The Labute approximate surface area is 210 Å². The summed E-state index contributed by atoms with van der Waals surface area (Å²) in [6.45, 7) is 9.77. The van der Waals surface area contributed by atoms with Crippen LogP contribution in [-0.2, 0) is 11.3 Å². The zero-order valence-electron chi connectivity index (χ0n) is 20.9. The Morgan fingerprint density at radius 1 is 1.00 bits per heavy atom. The van der Waals surface area contributed by atoms with Gasteiger partial charge >= 0.3 is 0 Å². The first-order valence-electron chi connectivity index (χ1n) is 11.7. The molecule has 4 rings (SSSR count). The van der Waals surface area contributed by atoms with Crippen molar-refractivity contribution < 1.29 is 9.53 Å². The second kappa shape index (κ2) is 11.0. The molecule has 35 heavy (non-hydrogen) atoms. The van der Waals surface area contributed by atoms with Crippen LogP contribution in [-0.4, -0.2) is 49.6 Å². The molecule has 0 amide bonds. The summed E-state index contributed by atoms with van der Waals surface area (Å²) in [5.41, 5.74) is 7.14. The van der Waals surface area contributed by atoms with E-state index in [0.29, 0.717) is 11.8 Å². The molecule has 0 aliphatic rings. The number of Topliss-reactive ketones (excluding diaryl/α,β-unsaturated/α-hetero) is 1. The highest BCUT2D eigenvalue weighted by molar-refractivity contribution is 7.99. The number of nitrogens with zero attached hydrogens (tertiary/aromatic N) is 5. The molecule has 3 heterocycles. The molecular weight excluding hydrogens is 458 g/mol. The number of ketones is 1. The van der Waals surface area contributed by atoms with Crippen LogP contribution in [0, 0.1) is 27.7 Å². The number of pyridine rings is 1. The average molecular weight is 490 g/mol. The molecule has 0 atom stereocenters. The Hall–Kier alpha value is -3.23. The van der Waals surface area contributed by atoms with Crippen LogP contribution in [0.1, 0.15) is 39.3 Å². The van der Waals surface area contributed by atoms with E-state index in [1.165, 1.54) is 22.9 Å². The maximum atomic E-state index is 13.2. The Morgan fingerprint density at radius 3 is 2.49 bits per heavy atom. The molecular formula is C27H31N5O2S. The Bertz CT molecular complexity index is 1330. The van der Waals surface area contributed by atoms with Gasteiger partial charge in [0.05, 0.1) is 11.4 Å². The summed E-state index contributed by atoms with van der Waals surface area (Å²) < 4.78 is 9.39. The van der Waals surface area contributed by atoms with Gasteiger partial charge in [-0.3, -0.25) is 14.3 Å².